The summed E-state index contributed by atoms with van der Waals surface area (Å²) in [6.45, 7) is 1.77. The lowest BCUT2D eigenvalue weighted by molar-refractivity contribution is -0.135. The molecule has 0 unspecified atom stereocenters. The van der Waals surface area contributed by atoms with E-state index >= 15 is 0 Å². The van der Waals surface area contributed by atoms with Crippen LogP contribution >= 0.6 is 15.9 Å². The number of amides is 2. The zero-order valence-corrected chi connectivity index (χ0v) is 12.1. The van der Waals surface area contributed by atoms with Crippen LogP contribution in [-0.4, -0.2) is 24.1 Å². The minimum atomic E-state index is -1.01. The van der Waals surface area contributed by atoms with Crippen LogP contribution in [0.1, 0.15) is 19.8 Å². The van der Waals surface area contributed by atoms with E-state index in [9.17, 15) is 14.4 Å². The fourth-order valence-corrected chi connectivity index (χ4v) is 1.85. The fourth-order valence-electron chi connectivity index (χ4n) is 1.59. The third kappa shape index (κ3) is 4.82. The van der Waals surface area contributed by atoms with Gasteiger partial charge in [0.05, 0.1) is 0 Å². The number of carbonyl (C=O) groups is 3. The first-order valence-electron chi connectivity index (χ1n) is 5.78. The molecule has 1 aromatic carbocycles. The molecule has 0 saturated heterocycles. The lowest BCUT2D eigenvalue weighted by atomic mass is 10.2. The normalized spacial score (nSPS) is 10.0. The Bertz CT molecular complexity index is 485. The summed E-state index contributed by atoms with van der Waals surface area (Å²) in [6.07, 6.45) is 0.851. The number of ketones is 1. The molecule has 5 nitrogen and oxygen atoms in total. The van der Waals surface area contributed by atoms with Crippen molar-refractivity contribution in [2.45, 2.75) is 19.8 Å². The summed E-state index contributed by atoms with van der Waals surface area (Å²) >= 11 is 3.29. The SMILES string of the molecule is CC(=O)CCCN(C(=O)C(N)=O)c1ccc(Br)cc1. The minimum Gasteiger partial charge on any atom is -0.361 e. The standard InChI is InChI=1S/C13H15BrN2O3/c1-9(17)3-2-8-16(13(19)12(15)18)11-6-4-10(14)5-7-11/h4-7H,2-3,8H2,1H3,(H2,15,18). The van der Waals surface area contributed by atoms with Crippen LogP contribution in [0.4, 0.5) is 5.69 Å². The van der Waals surface area contributed by atoms with Gasteiger partial charge < -0.3 is 15.4 Å². The van der Waals surface area contributed by atoms with Gasteiger partial charge in [0.15, 0.2) is 0 Å². The molecule has 102 valence electrons. The highest BCUT2D eigenvalue weighted by atomic mass is 79.9. The van der Waals surface area contributed by atoms with Crippen molar-refractivity contribution in [3.05, 3.63) is 28.7 Å². The lowest BCUT2D eigenvalue weighted by Crippen LogP contribution is -2.41. The van der Waals surface area contributed by atoms with Crippen molar-refractivity contribution in [1.29, 1.82) is 0 Å². The van der Waals surface area contributed by atoms with Crippen LogP contribution in [-0.2, 0) is 14.4 Å². The molecule has 0 aliphatic heterocycles. The van der Waals surface area contributed by atoms with Crippen LogP contribution < -0.4 is 10.6 Å². The molecule has 0 radical (unpaired) electrons. The second kappa shape index (κ2) is 7.04. The average Bonchev–Trinajstić information content (AvgIpc) is 2.35. The van der Waals surface area contributed by atoms with Crippen LogP contribution in [0.3, 0.4) is 0 Å². The first kappa shape index (κ1) is 15.4. The molecule has 19 heavy (non-hydrogen) atoms. The quantitative estimate of drug-likeness (QED) is 0.835. The summed E-state index contributed by atoms with van der Waals surface area (Å²) in [7, 11) is 0. The highest BCUT2D eigenvalue weighted by molar-refractivity contribution is 9.10. The van der Waals surface area contributed by atoms with E-state index < -0.39 is 11.8 Å². The van der Waals surface area contributed by atoms with E-state index in [2.05, 4.69) is 15.9 Å². The van der Waals surface area contributed by atoms with Gasteiger partial charge in [-0.2, -0.15) is 0 Å². The molecule has 0 fully saturated rings. The van der Waals surface area contributed by atoms with Crippen LogP contribution in [0.2, 0.25) is 0 Å². The molecule has 0 atom stereocenters. The third-order valence-corrected chi connectivity index (χ3v) is 3.03. The number of hydrogen-bond donors (Lipinski definition) is 1. The summed E-state index contributed by atoms with van der Waals surface area (Å²) in [6, 6.07) is 6.94. The number of hydrogen-bond acceptors (Lipinski definition) is 3. The van der Waals surface area contributed by atoms with Crippen LogP contribution in [0, 0.1) is 0 Å². The number of rotatable bonds is 5. The van der Waals surface area contributed by atoms with Crippen molar-refractivity contribution in [2.24, 2.45) is 5.73 Å². The Labute approximate surface area is 119 Å². The topological polar surface area (TPSA) is 80.5 Å². The van der Waals surface area contributed by atoms with E-state index in [1.165, 1.54) is 11.8 Å². The lowest BCUT2D eigenvalue weighted by Gasteiger charge is -2.21. The molecule has 6 heteroatoms. The van der Waals surface area contributed by atoms with Gasteiger partial charge in [0, 0.05) is 23.1 Å². The second-order valence-electron chi connectivity index (χ2n) is 4.10. The Morgan fingerprint density at radius 2 is 1.79 bits per heavy atom. The van der Waals surface area contributed by atoms with Crippen molar-refractivity contribution in [2.75, 3.05) is 11.4 Å². The van der Waals surface area contributed by atoms with Gasteiger partial charge in [-0.3, -0.25) is 9.59 Å². The summed E-state index contributed by atoms with van der Waals surface area (Å²) in [5.41, 5.74) is 5.61. The largest absolute Gasteiger partial charge is 0.361 e. The first-order chi connectivity index (χ1) is 8.91. The smallest absolute Gasteiger partial charge is 0.316 e. The number of anilines is 1. The molecule has 0 saturated carbocycles. The van der Waals surface area contributed by atoms with Crippen molar-refractivity contribution in [3.63, 3.8) is 0 Å². The molecular formula is C13H15BrN2O3. The third-order valence-electron chi connectivity index (χ3n) is 2.50. The zero-order valence-electron chi connectivity index (χ0n) is 10.6. The maximum Gasteiger partial charge on any atom is 0.316 e. The summed E-state index contributed by atoms with van der Waals surface area (Å²) in [5, 5.41) is 0. The Balaban J connectivity index is 2.85. The van der Waals surface area contributed by atoms with Crippen LogP contribution in [0.25, 0.3) is 0 Å². The minimum absolute atomic E-state index is 0.0438. The Kier molecular flexibility index (Phi) is 5.69. The average molecular weight is 327 g/mol. The summed E-state index contributed by atoms with van der Waals surface area (Å²) < 4.78 is 0.867. The van der Waals surface area contributed by atoms with E-state index in [-0.39, 0.29) is 12.3 Å². The molecule has 2 amide bonds. The molecular weight excluding hydrogens is 312 g/mol. The van der Waals surface area contributed by atoms with Gasteiger partial charge in [0.25, 0.3) is 0 Å². The highest BCUT2D eigenvalue weighted by Gasteiger charge is 2.20. The molecule has 1 aromatic rings. The Hall–Kier alpha value is -1.69. The molecule has 0 aliphatic rings. The molecule has 0 aliphatic carbocycles. The predicted molar refractivity (Wildman–Crippen MR) is 75.6 cm³/mol. The van der Waals surface area contributed by atoms with Gasteiger partial charge in [0.2, 0.25) is 0 Å². The molecule has 0 heterocycles. The number of carbonyl (C=O) groups excluding carboxylic acids is 3. The molecule has 0 aromatic heterocycles. The van der Waals surface area contributed by atoms with Crippen molar-refractivity contribution < 1.29 is 14.4 Å². The summed E-state index contributed by atoms with van der Waals surface area (Å²) in [4.78, 5) is 35.0. The number of nitrogens with two attached hydrogens (primary N) is 1. The second-order valence-corrected chi connectivity index (χ2v) is 5.02. The first-order valence-corrected chi connectivity index (χ1v) is 6.57. The van der Waals surface area contributed by atoms with Gasteiger partial charge >= 0.3 is 11.8 Å². The van der Waals surface area contributed by atoms with Gasteiger partial charge in [-0.1, -0.05) is 15.9 Å². The van der Waals surface area contributed by atoms with Crippen LogP contribution in [0.5, 0.6) is 0 Å². The van der Waals surface area contributed by atoms with Crippen molar-refractivity contribution >= 4 is 39.2 Å². The number of halogens is 1. The van der Waals surface area contributed by atoms with Crippen molar-refractivity contribution in [3.8, 4) is 0 Å². The maximum atomic E-state index is 11.8. The Morgan fingerprint density at radius 3 is 2.26 bits per heavy atom. The highest BCUT2D eigenvalue weighted by Crippen LogP contribution is 2.19. The number of primary amides is 1. The fraction of sp³-hybridized carbons (Fsp3) is 0.308. The predicted octanol–water partition coefficient (Wildman–Crippen LogP) is 1.64. The Morgan fingerprint density at radius 1 is 1.21 bits per heavy atom. The molecule has 2 N–H and O–H groups in total. The van der Waals surface area contributed by atoms with E-state index in [0.717, 1.165) is 4.47 Å². The summed E-state index contributed by atoms with van der Waals surface area (Å²) in [5.74, 6) is -1.74. The van der Waals surface area contributed by atoms with Crippen LogP contribution in [0.15, 0.2) is 28.7 Å². The number of benzene rings is 1. The van der Waals surface area contributed by atoms with Gasteiger partial charge in [0.1, 0.15) is 5.78 Å². The molecule has 0 bridgehead atoms. The zero-order chi connectivity index (χ0) is 14.4. The van der Waals surface area contributed by atoms with Gasteiger partial charge in [-0.25, -0.2) is 0 Å². The van der Waals surface area contributed by atoms with E-state index in [1.807, 2.05) is 0 Å². The van der Waals surface area contributed by atoms with Gasteiger partial charge in [-0.05, 0) is 37.6 Å². The van der Waals surface area contributed by atoms with Crippen molar-refractivity contribution in [1.82, 2.24) is 0 Å². The monoisotopic (exact) mass is 326 g/mol. The van der Waals surface area contributed by atoms with Gasteiger partial charge in [-0.15, -0.1) is 0 Å². The number of nitrogens with zero attached hydrogens (tertiary/aromatic N) is 1. The molecule has 0 spiro atoms. The maximum absolute atomic E-state index is 11.8. The van der Waals surface area contributed by atoms with E-state index in [4.69, 9.17) is 5.73 Å². The van der Waals surface area contributed by atoms with E-state index in [0.29, 0.717) is 18.5 Å². The van der Waals surface area contributed by atoms with E-state index in [1.54, 1.807) is 24.3 Å². The number of Topliss-reactive ketones (excluding diaryl/α,β-unsaturated/α-hetero) is 1. The molecule has 1 rings (SSSR count).